The first kappa shape index (κ1) is 16.2. The standard InChI is InChI=1S/C15H12ClN5O2S/c16-13-6-5-12(24-13)15(23)18-7-11-8-19-20-21(11)10-3-1-9(2-4-10)14(17)22/h1-6,8H,7H2,(H2,17,22)(H,18,23). The molecule has 122 valence electrons. The minimum atomic E-state index is -0.498. The lowest BCUT2D eigenvalue weighted by Gasteiger charge is -2.07. The van der Waals surface area contributed by atoms with Gasteiger partial charge in [-0.05, 0) is 36.4 Å². The monoisotopic (exact) mass is 361 g/mol. The van der Waals surface area contributed by atoms with E-state index < -0.39 is 5.91 Å². The van der Waals surface area contributed by atoms with E-state index >= 15 is 0 Å². The Hall–Kier alpha value is -2.71. The summed E-state index contributed by atoms with van der Waals surface area (Å²) in [5, 5.41) is 10.7. The normalized spacial score (nSPS) is 10.5. The average molecular weight is 362 g/mol. The Morgan fingerprint density at radius 2 is 1.96 bits per heavy atom. The fraction of sp³-hybridized carbons (Fsp3) is 0.0667. The number of nitrogens with zero attached hydrogens (tertiary/aromatic N) is 3. The van der Waals surface area contributed by atoms with E-state index in [1.807, 2.05) is 0 Å². The highest BCUT2D eigenvalue weighted by molar-refractivity contribution is 7.17. The van der Waals surface area contributed by atoms with Gasteiger partial charge in [-0.25, -0.2) is 4.68 Å². The lowest BCUT2D eigenvalue weighted by Crippen LogP contribution is -2.23. The third kappa shape index (κ3) is 3.44. The van der Waals surface area contributed by atoms with Crippen LogP contribution >= 0.6 is 22.9 Å². The predicted octanol–water partition coefficient (Wildman–Crippen LogP) is 2.01. The molecule has 3 rings (SSSR count). The molecule has 0 spiro atoms. The maximum absolute atomic E-state index is 12.1. The molecular weight excluding hydrogens is 350 g/mol. The smallest absolute Gasteiger partial charge is 0.261 e. The number of primary amides is 1. The summed E-state index contributed by atoms with van der Waals surface area (Å²) in [6, 6.07) is 9.97. The molecule has 0 unspecified atom stereocenters. The highest BCUT2D eigenvalue weighted by Gasteiger charge is 2.11. The number of hydrogen-bond donors (Lipinski definition) is 2. The van der Waals surface area contributed by atoms with Gasteiger partial charge in [-0.3, -0.25) is 9.59 Å². The number of nitrogens with one attached hydrogen (secondary N) is 1. The molecule has 0 fully saturated rings. The number of benzene rings is 1. The van der Waals surface area contributed by atoms with E-state index in [1.54, 1.807) is 47.3 Å². The molecule has 0 aliphatic rings. The molecule has 3 aromatic rings. The van der Waals surface area contributed by atoms with Gasteiger partial charge in [0, 0.05) is 5.56 Å². The molecule has 0 saturated carbocycles. The zero-order chi connectivity index (χ0) is 17.1. The number of rotatable bonds is 5. The molecule has 0 saturated heterocycles. The topological polar surface area (TPSA) is 103 Å². The van der Waals surface area contributed by atoms with Crippen molar-refractivity contribution in [2.24, 2.45) is 5.73 Å². The van der Waals surface area contributed by atoms with Crippen LogP contribution in [0, 0.1) is 0 Å². The summed E-state index contributed by atoms with van der Waals surface area (Å²) in [6.45, 7) is 0.249. The fourth-order valence-corrected chi connectivity index (χ4v) is 3.01. The van der Waals surface area contributed by atoms with Crippen molar-refractivity contribution in [1.82, 2.24) is 20.3 Å². The molecule has 2 aromatic heterocycles. The largest absolute Gasteiger partial charge is 0.366 e. The van der Waals surface area contributed by atoms with Crippen LogP contribution in [0.15, 0.2) is 42.6 Å². The second kappa shape index (κ2) is 6.81. The maximum Gasteiger partial charge on any atom is 0.261 e. The second-order valence-electron chi connectivity index (χ2n) is 4.83. The van der Waals surface area contributed by atoms with Crippen LogP contribution in [-0.2, 0) is 6.54 Å². The van der Waals surface area contributed by atoms with Crippen molar-refractivity contribution in [3.05, 3.63) is 63.1 Å². The van der Waals surface area contributed by atoms with Gasteiger partial charge in [0.05, 0.1) is 33.3 Å². The van der Waals surface area contributed by atoms with Crippen LogP contribution in [0.1, 0.15) is 25.7 Å². The molecule has 2 heterocycles. The number of aromatic nitrogens is 3. The molecule has 0 aliphatic carbocycles. The Balaban J connectivity index is 1.73. The van der Waals surface area contributed by atoms with Crippen LogP contribution in [-0.4, -0.2) is 26.8 Å². The molecule has 1 aromatic carbocycles. The maximum atomic E-state index is 12.1. The number of hydrogen-bond acceptors (Lipinski definition) is 5. The number of halogens is 1. The van der Waals surface area contributed by atoms with Gasteiger partial charge in [0.25, 0.3) is 5.91 Å². The van der Waals surface area contributed by atoms with Gasteiger partial charge < -0.3 is 11.1 Å². The Morgan fingerprint density at radius 1 is 1.21 bits per heavy atom. The summed E-state index contributed by atoms with van der Waals surface area (Å²) >= 11 is 7.04. The van der Waals surface area contributed by atoms with Gasteiger partial charge in [-0.15, -0.1) is 16.4 Å². The van der Waals surface area contributed by atoms with Crippen LogP contribution in [0.5, 0.6) is 0 Å². The van der Waals surface area contributed by atoms with Crippen molar-refractivity contribution in [1.29, 1.82) is 0 Å². The molecule has 0 radical (unpaired) electrons. The number of carbonyl (C=O) groups is 2. The lowest BCUT2D eigenvalue weighted by atomic mass is 10.2. The lowest BCUT2D eigenvalue weighted by molar-refractivity contribution is 0.0952. The zero-order valence-corrected chi connectivity index (χ0v) is 13.8. The number of carbonyl (C=O) groups excluding carboxylic acids is 2. The zero-order valence-electron chi connectivity index (χ0n) is 12.3. The minimum absolute atomic E-state index is 0.219. The van der Waals surface area contributed by atoms with E-state index in [2.05, 4.69) is 15.6 Å². The van der Waals surface area contributed by atoms with Crippen LogP contribution in [0.2, 0.25) is 4.34 Å². The molecule has 2 amide bonds. The molecule has 24 heavy (non-hydrogen) atoms. The van der Waals surface area contributed by atoms with E-state index in [1.165, 1.54) is 11.3 Å². The summed E-state index contributed by atoms with van der Waals surface area (Å²) in [7, 11) is 0. The van der Waals surface area contributed by atoms with Gasteiger partial charge in [-0.2, -0.15) is 0 Å². The number of nitrogens with two attached hydrogens (primary N) is 1. The fourth-order valence-electron chi connectivity index (χ4n) is 2.06. The summed E-state index contributed by atoms with van der Waals surface area (Å²) in [4.78, 5) is 23.7. The van der Waals surface area contributed by atoms with Crippen molar-refractivity contribution < 1.29 is 9.59 Å². The third-order valence-electron chi connectivity index (χ3n) is 3.24. The molecule has 0 bridgehead atoms. The van der Waals surface area contributed by atoms with Gasteiger partial charge in [0.2, 0.25) is 5.91 Å². The first-order valence-corrected chi connectivity index (χ1v) is 8.07. The van der Waals surface area contributed by atoms with Gasteiger partial charge >= 0.3 is 0 Å². The Kier molecular flexibility index (Phi) is 4.59. The van der Waals surface area contributed by atoms with E-state index in [0.29, 0.717) is 26.2 Å². The van der Waals surface area contributed by atoms with Crippen molar-refractivity contribution in [3.8, 4) is 5.69 Å². The Labute approximate surface area is 146 Å². The summed E-state index contributed by atoms with van der Waals surface area (Å²) in [5.74, 6) is -0.717. The van der Waals surface area contributed by atoms with Crippen molar-refractivity contribution in [3.63, 3.8) is 0 Å². The molecule has 7 nitrogen and oxygen atoms in total. The quantitative estimate of drug-likeness (QED) is 0.725. The third-order valence-corrected chi connectivity index (χ3v) is 4.47. The van der Waals surface area contributed by atoms with Gasteiger partial charge in [0.1, 0.15) is 0 Å². The molecule has 3 N–H and O–H groups in total. The minimum Gasteiger partial charge on any atom is -0.366 e. The Bertz CT molecular complexity index is 887. The summed E-state index contributed by atoms with van der Waals surface area (Å²) in [6.07, 6.45) is 1.56. The second-order valence-corrected chi connectivity index (χ2v) is 6.55. The predicted molar refractivity (Wildman–Crippen MR) is 90.4 cm³/mol. The van der Waals surface area contributed by atoms with E-state index in [4.69, 9.17) is 17.3 Å². The first-order chi connectivity index (χ1) is 11.5. The van der Waals surface area contributed by atoms with Crippen LogP contribution < -0.4 is 11.1 Å². The molecular formula is C15H12ClN5O2S. The highest BCUT2D eigenvalue weighted by atomic mass is 35.5. The van der Waals surface area contributed by atoms with E-state index in [-0.39, 0.29) is 12.5 Å². The van der Waals surface area contributed by atoms with Crippen LogP contribution in [0.25, 0.3) is 5.69 Å². The summed E-state index contributed by atoms with van der Waals surface area (Å²) in [5.41, 5.74) is 7.03. The number of amides is 2. The Morgan fingerprint density at radius 3 is 2.58 bits per heavy atom. The van der Waals surface area contributed by atoms with Crippen molar-refractivity contribution in [2.75, 3.05) is 0 Å². The van der Waals surface area contributed by atoms with Gasteiger partial charge in [0.15, 0.2) is 0 Å². The van der Waals surface area contributed by atoms with Crippen LogP contribution in [0.3, 0.4) is 0 Å². The van der Waals surface area contributed by atoms with Crippen LogP contribution in [0.4, 0.5) is 0 Å². The number of thiophene rings is 1. The van der Waals surface area contributed by atoms with Crippen molar-refractivity contribution in [2.45, 2.75) is 6.54 Å². The molecule has 9 heteroatoms. The SMILES string of the molecule is NC(=O)c1ccc(-n2nncc2CNC(=O)c2ccc(Cl)s2)cc1. The molecule has 0 atom stereocenters. The van der Waals surface area contributed by atoms with Gasteiger partial charge in [-0.1, -0.05) is 16.8 Å². The average Bonchev–Trinajstić information content (AvgIpc) is 3.21. The molecule has 0 aliphatic heterocycles. The summed E-state index contributed by atoms with van der Waals surface area (Å²) < 4.78 is 2.13. The first-order valence-electron chi connectivity index (χ1n) is 6.88. The van der Waals surface area contributed by atoms with E-state index in [0.717, 1.165) is 0 Å². The van der Waals surface area contributed by atoms with Crippen molar-refractivity contribution >= 4 is 34.8 Å². The van der Waals surface area contributed by atoms with E-state index in [9.17, 15) is 9.59 Å². The highest BCUT2D eigenvalue weighted by Crippen LogP contribution is 2.21.